The van der Waals surface area contributed by atoms with Crippen molar-refractivity contribution < 1.29 is 9.90 Å². The van der Waals surface area contributed by atoms with E-state index >= 15 is 0 Å². The van der Waals surface area contributed by atoms with Gasteiger partial charge in [0.15, 0.2) is 0 Å². The molecule has 22 heavy (non-hydrogen) atoms. The Bertz CT molecular complexity index is 763. The quantitative estimate of drug-likeness (QED) is 0.597. The number of carbonyl (C=O) groups excluding carboxylic acids is 1. The van der Waals surface area contributed by atoms with Crippen molar-refractivity contribution >= 4 is 58.5 Å². The average Bonchev–Trinajstić information content (AvgIpc) is 2.43. The summed E-state index contributed by atoms with van der Waals surface area (Å²) in [7, 11) is 0. The van der Waals surface area contributed by atoms with E-state index in [4.69, 9.17) is 46.4 Å². The number of hydrogen-bond acceptors (Lipinski definition) is 3. The summed E-state index contributed by atoms with van der Waals surface area (Å²) < 4.78 is 0. The highest BCUT2D eigenvalue weighted by Gasteiger charge is 2.10. The summed E-state index contributed by atoms with van der Waals surface area (Å²) >= 11 is 23.3. The van der Waals surface area contributed by atoms with Gasteiger partial charge in [-0.1, -0.05) is 46.4 Å². The van der Waals surface area contributed by atoms with E-state index in [1.165, 1.54) is 36.5 Å². The standard InChI is InChI=1S/C14H8Cl4N2O2/c15-8-1-2-10(11(17)4-8)14(22)20-19-6-7-3-9(16)5-12(18)13(7)21/h1-6,21H,(H,20,22)/b19-6-. The maximum Gasteiger partial charge on any atom is 0.272 e. The Hall–Kier alpha value is -1.46. The number of nitrogens with one attached hydrogen (secondary N) is 1. The Kier molecular flexibility index (Phi) is 5.53. The third-order valence-electron chi connectivity index (χ3n) is 2.60. The molecule has 0 aliphatic carbocycles. The van der Waals surface area contributed by atoms with E-state index in [1.807, 2.05) is 0 Å². The van der Waals surface area contributed by atoms with Gasteiger partial charge in [0.25, 0.3) is 5.91 Å². The molecule has 0 aromatic heterocycles. The minimum atomic E-state index is -0.523. The lowest BCUT2D eigenvalue weighted by atomic mass is 10.2. The molecule has 0 bridgehead atoms. The van der Waals surface area contributed by atoms with Crippen molar-refractivity contribution in [2.24, 2.45) is 5.10 Å². The van der Waals surface area contributed by atoms with Gasteiger partial charge in [0.05, 0.1) is 21.8 Å². The molecule has 0 saturated carbocycles. The van der Waals surface area contributed by atoms with E-state index < -0.39 is 5.91 Å². The van der Waals surface area contributed by atoms with Crippen LogP contribution in [-0.4, -0.2) is 17.2 Å². The summed E-state index contributed by atoms with van der Waals surface area (Å²) in [5.74, 6) is -0.709. The molecule has 8 heteroatoms. The first kappa shape index (κ1) is 16.9. The Morgan fingerprint density at radius 2 is 1.73 bits per heavy atom. The van der Waals surface area contributed by atoms with Crippen LogP contribution >= 0.6 is 46.4 Å². The van der Waals surface area contributed by atoms with E-state index in [0.29, 0.717) is 10.0 Å². The van der Waals surface area contributed by atoms with Gasteiger partial charge >= 0.3 is 0 Å². The van der Waals surface area contributed by atoms with Gasteiger partial charge in [0, 0.05) is 15.6 Å². The van der Waals surface area contributed by atoms with E-state index in [2.05, 4.69) is 10.5 Å². The fourth-order valence-electron chi connectivity index (χ4n) is 1.58. The summed E-state index contributed by atoms with van der Waals surface area (Å²) in [4.78, 5) is 11.9. The van der Waals surface area contributed by atoms with Gasteiger partial charge in [0.1, 0.15) is 5.75 Å². The van der Waals surface area contributed by atoms with Gasteiger partial charge in [0.2, 0.25) is 0 Å². The monoisotopic (exact) mass is 376 g/mol. The summed E-state index contributed by atoms with van der Waals surface area (Å²) in [5.41, 5.74) is 2.76. The highest BCUT2D eigenvalue weighted by molar-refractivity contribution is 6.37. The van der Waals surface area contributed by atoms with Crippen molar-refractivity contribution in [3.05, 3.63) is 61.5 Å². The number of benzene rings is 2. The zero-order valence-electron chi connectivity index (χ0n) is 10.8. The molecule has 114 valence electrons. The number of rotatable bonds is 3. The van der Waals surface area contributed by atoms with Crippen molar-refractivity contribution in [2.45, 2.75) is 0 Å². The van der Waals surface area contributed by atoms with Crippen LogP contribution in [-0.2, 0) is 0 Å². The Labute approximate surface area is 146 Å². The van der Waals surface area contributed by atoms with Crippen LogP contribution in [0, 0.1) is 0 Å². The number of halogens is 4. The van der Waals surface area contributed by atoms with Crippen LogP contribution < -0.4 is 5.43 Å². The van der Waals surface area contributed by atoms with Gasteiger partial charge in [-0.2, -0.15) is 5.10 Å². The van der Waals surface area contributed by atoms with E-state index in [-0.39, 0.29) is 26.9 Å². The first-order chi connectivity index (χ1) is 10.4. The third kappa shape index (κ3) is 4.05. The highest BCUT2D eigenvalue weighted by Crippen LogP contribution is 2.30. The Morgan fingerprint density at radius 3 is 2.41 bits per heavy atom. The molecule has 1 amide bonds. The Balaban J connectivity index is 2.14. The highest BCUT2D eigenvalue weighted by atomic mass is 35.5. The number of hydrogen-bond donors (Lipinski definition) is 2. The number of phenols is 1. The van der Waals surface area contributed by atoms with Crippen LogP contribution in [0.25, 0.3) is 0 Å². The fourth-order valence-corrected chi connectivity index (χ4v) is 2.58. The maximum absolute atomic E-state index is 11.9. The summed E-state index contributed by atoms with van der Waals surface area (Å²) in [6.07, 6.45) is 1.22. The lowest BCUT2D eigenvalue weighted by molar-refractivity contribution is 0.0955. The summed E-state index contributed by atoms with van der Waals surface area (Å²) in [5, 5.41) is 14.5. The van der Waals surface area contributed by atoms with Crippen LogP contribution in [0.2, 0.25) is 20.1 Å². The van der Waals surface area contributed by atoms with Gasteiger partial charge in [-0.15, -0.1) is 0 Å². The number of amides is 1. The second kappa shape index (κ2) is 7.20. The van der Waals surface area contributed by atoms with Gasteiger partial charge in [-0.3, -0.25) is 4.79 Å². The topological polar surface area (TPSA) is 61.7 Å². The van der Waals surface area contributed by atoms with Crippen LogP contribution in [0.15, 0.2) is 35.4 Å². The van der Waals surface area contributed by atoms with Gasteiger partial charge in [-0.25, -0.2) is 5.43 Å². The molecular weight excluding hydrogens is 370 g/mol. The van der Waals surface area contributed by atoms with Crippen LogP contribution in [0.1, 0.15) is 15.9 Å². The largest absolute Gasteiger partial charge is 0.506 e. The first-order valence-electron chi connectivity index (χ1n) is 5.85. The fraction of sp³-hybridized carbons (Fsp3) is 0. The molecule has 0 saturated heterocycles. The molecule has 0 unspecified atom stereocenters. The Morgan fingerprint density at radius 1 is 1.05 bits per heavy atom. The summed E-state index contributed by atoms with van der Waals surface area (Å²) in [6.45, 7) is 0. The molecule has 2 N–H and O–H groups in total. The minimum Gasteiger partial charge on any atom is -0.506 e. The maximum atomic E-state index is 11.9. The molecule has 0 radical (unpaired) electrons. The zero-order valence-corrected chi connectivity index (χ0v) is 13.8. The second-order valence-electron chi connectivity index (χ2n) is 4.15. The second-order valence-corrected chi connectivity index (χ2v) is 5.84. The minimum absolute atomic E-state index is 0.0843. The molecule has 2 aromatic carbocycles. The average molecular weight is 378 g/mol. The lowest BCUT2D eigenvalue weighted by Crippen LogP contribution is -2.18. The van der Waals surface area contributed by atoms with Crippen molar-refractivity contribution in [3.8, 4) is 5.75 Å². The van der Waals surface area contributed by atoms with Crippen LogP contribution in [0.5, 0.6) is 5.75 Å². The number of nitrogens with zero attached hydrogens (tertiary/aromatic N) is 1. The molecule has 4 nitrogen and oxygen atoms in total. The molecule has 0 fully saturated rings. The molecule has 2 rings (SSSR count). The molecule has 0 aliphatic heterocycles. The van der Waals surface area contributed by atoms with E-state index in [1.54, 1.807) is 0 Å². The predicted octanol–water partition coefficient (Wildman–Crippen LogP) is 4.77. The first-order valence-corrected chi connectivity index (χ1v) is 7.36. The predicted molar refractivity (Wildman–Crippen MR) is 89.6 cm³/mol. The number of carbonyl (C=O) groups is 1. The van der Waals surface area contributed by atoms with Crippen molar-refractivity contribution in [1.82, 2.24) is 5.43 Å². The molecule has 0 heterocycles. The van der Waals surface area contributed by atoms with E-state index in [9.17, 15) is 9.90 Å². The number of aromatic hydroxyl groups is 1. The zero-order chi connectivity index (χ0) is 16.3. The number of hydrazone groups is 1. The van der Waals surface area contributed by atoms with Gasteiger partial charge < -0.3 is 5.11 Å². The van der Waals surface area contributed by atoms with E-state index in [0.717, 1.165) is 0 Å². The third-order valence-corrected chi connectivity index (χ3v) is 3.66. The summed E-state index contributed by atoms with van der Waals surface area (Å²) in [6, 6.07) is 7.30. The van der Waals surface area contributed by atoms with Crippen LogP contribution in [0.3, 0.4) is 0 Å². The van der Waals surface area contributed by atoms with Gasteiger partial charge in [-0.05, 0) is 30.3 Å². The molecule has 0 aliphatic rings. The van der Waals surface area contributed by atoms with Crippen LogP contribution in [0.4, 0.5) is 0 Å². The lowest BCUT2D eigenvalue weighted by Gasteiger charge is -2.04. The van der Waals surface area contributed by atoms with Crippen molar-refractivity contribution in [1.29, 1.82) is 0 Å². The molecular formula is C14H8Cl4N2O2. The number of phenolic OH excluding ortho intramolecular Hbond substituents is 1. The normalized spacial score (nSPS) is 10.9. The van der Waals surface area contributed by atoms with Crippen molar-refractivity contribution in [2.75, 3.05) is 0 Å². The molecule has 0 atom stereocenters. The smallest absolute Gasteiger partial charge is 0.272 e. The SMILES string of the molecule is O=C(N/N=C\c1cc(Cl)cc(Cl)c1O)c1ccc(Cl)cc1Cl. The molecule has 0 spiro atoms. The van der Waals surface area contributed by atoms with Crippen molar-refractivity contribution in [3.63, 3.8) is 0 Å². The molecule has 2 aromatic rings.